The van der Waals surface area contributed by atoms with E-state index < -0.39 is 0 Å². The highest BCUT2D eigenvalue weighted by atomic mass is 16.5. The molecule has 0 aliphatic heterocycles. The molecule has 1 aromatic carbocycles. The molecule has 1 aliphatic carbocycles. The molecule has 2 rings (SSSR count). The number of methoxy groups -OCH3 is 1. The van der Waals surface area contributed by atoms with Gasteiger partial charge in [-0.2, -0.15) is 0 Å². The van der Waals surface area contributed by atoms with Crippen LogP contribution in [0.4, 0.5) is 0 Å². The van der Waals surface area contributed by atoms with Crippen LogP contribution in [0.5, 0.6) is 5.75 Å². The van der Waals surface area contributed by atoms with Gasteiger partial charge in [-0.1, -0.05) is 23.8 Å². The SMILES string of the molecule is CNCC1=Cc2cccc(OC)c2CC1. The summed E-state index contributed by atoms with van der Waals surface area (Å²) in [6.45, 7) is 0.983. The van der Waals surface area contributed by atoms with Gasteiger partial charge in [0.1, 0.15) is 5.75 Å². The van der Waals surface area contributed by atoms with Gasteiger partial charge in [0.05, 0.1) is 7.11 Å². The number of fused-ring (bicyclic) bond motifs is 1. The summed E-state index contributed by atoms with van der Waals surface area (Å²) in [4.78, 5) is 0. The lowest BCUT2D eigenvalue weighted by Crippen LogP contribution is -2.13. The highest BCUT2D eigenvalue weighted by Gasteiger charge is 2.13. The first-order valence-corrected chi connectivity index (χ1v) is 5.35. The summed E-state index contributed by atoms with van der Waals surface area (Å²) in [7, 11) is 3.73. The molecule has 0 aromatic heterocycles. The van der Waals surface area contributed by atoms with Crippen molar-refractivity contribution in [1.29, 1.82) is 0 Å². The average molecular weight is 203 g/mol. The van der Waals surface area contributed by atoms with Crippen LogP contribution in [0.15, 0.2) is 23.8 Å². The van der Waals surface area contributed by atoms with Crippen molar-refractivity contribution in [2.75, 3.05) is 20.7 Å². The monoisotopic (exact) mass is 203 g/mol. The lowest BCUT2D eigenvalue weighted by molar-refractivity contribution is 0.409. The van der Waals surface area contributed by atoms with E-state index in [0.717, 1.165) is 25.1 Å². The molecule has 1 aromatic rings. The number of hydrogen-bond acceptors (Lipinski definition) is 2. The number of ether oxygens (including phenoxy) is 1. The van der Waals surface area contributed by atoms with Crippen molar-refractivity contribution < 1.29 is 4.74 Å². The van der Waals surface area contributed by atoms with E-state index in [2.05, 4.69) is 23.5 Å². The standard InChI is InChI=1S/C13H17NO/c1-14-9-10-6-7-12-11(8-10)4-3-5-13(12)15-2/h3-5,8,14H,6-7,9H2,1-2H3. The number of nitrogens with one attached hydrogen (secondary N) is 1. The Balaban J connectivity index is 2.34. The predicted octanol–water partition coefficient (Wildman–Crippen LogP) is 2.24. The van der Waals surface area contributed by atoms with E-state index in [0.29, 0.717) is 0 Å². The molecular formula is C13H17NO. The van der Waals surface area contributed by atoms with Crippen molar-refractivity contribution in [1.82, 2.24) is 5.32 Å². The van der Waals surface area contributed by atoms with Gasteiger partial charge in [0, 0.05) is 12.1 Å². The fourth-order valence-corrected chi connectivity index (χ4v) is 2.12. The highest BCUT2D eigenvalue weighted by molar-refractivity contribution is 5.63. The molecule has 1 aliphatic rings. The third kappa shape index (κ3) is 2.05. The second-order valence-corrected chi connectivity index (χ2v) is 3.86. The molecule has 2 nitrogen and oxygen atoms in total. The van der Waals surface area contributed by atoms with Crippen LogP contribution < -0.4 is 10.1 Å². The van der Waals surface area contributed by atoms with Crippen LogP contribution in [0.2, 0.25) is 0 Å². The molecule has 0 amide bonds. The maximum absolute atomic E-state index is 5.36. The van der Waals surface area contributed by atoms with Crippen molar-refractivity contribution in [2.45, 2.75) is 12.8 Å². The van der Waals surface area contributed by atoms with Crippen LogP contribution in [0, 0.1) is 0 Å². The van der Waals surface area contributed by atoms with Gasteiger partial charge in [0.15, 0.2) is 0 Å². The number of likely N-dealkylation sites (N-methyl/N-ethyl adjacent to an activating group) is 1. The molecular weight excluding hydrogens is 186 g/mol. The molecule has 0 radical (unpaired) electrons. The fraction of sp³-hybridized carbons (Fsp3) is 0.385. The minimum absolute atomic E-state index is 0.983. The maximum atomic E-state index is 5.36. The zero-order valence-electron chi connectivity index (χ0n) is 9.34. The molecule has 0 saturated carbocycles. The van der Waals surface area contributed by atoms with Gasteiger partial charge >= 0.3 is 0 Å². The van der Waals surface area contributed by atoms with Crippen molar-refractivity contribution in [3.8, 4) is 5.75 Å². The molecule has 0 atom stereocenters. The molecule has 0 spiro atoms. The first-order valence-electron chi connectivity index (χ1n) is 5.35. The van der Waals surface area contributed by atoms with Crippen molar-refractivity contribution in [3.05, 3.63) is 34.9 Å². The quantitative estimate of drug-likeness (QED) is 0.813. The molecule has 2 heteroatoms. The number of rotatable bonds is 3. The third-order valence-electron chi connectivity index (χ3n) is 2.85. The largest absolute Gasteiger partial charge is 0.496 e. The van der Waals surface area contributed by atoms with Gasteiger partial charge in [0.25, 0.3) is 0 Å². The molecule has 0 fully saturated rings. The average Bonchev–Trinajstić information content (AvgIpc) is 2.28. The summed E-state index contributed by atoms with van der Waals surface area (Å²) < 4.78 is 5.36. The van der Waals surface area contributed by atoms with E-state index in [-0.39, 0.29) is 0 Å². The van der Waals surface area contributed by atoms with Crippen LogP contribution in [0.3, 0.4) is 0 Å². The third-order valence-corrected chi connectivity index (χ3v) is 2.85. The molecule has 0 saturated heterocycles. The Labute approximate surface area is 91.0 Å². The molecule has 15 heavy (non-hydrogen) atoms. The second kappa shape index (κ2) is 4.49. The molecule has 0 bridgehead atoms. The van der Waals surface area contributed by atoms with E-state index in [1.54, 1.807) is 7.11 Å². The van der Waals surface area contributed by atoms with E-state index >= 15 is 0 Å². The van der Waals surface area contributed by atoms with Gasteiger partial charge in [0.2, 0.25) is 0 Å². The lowest BCUT2D eigenvalue weighted by atomic mass is 9.91. The summed E-state index contributed by atoms with van der Waals surface area (Å²) in [5.41, 5.74) is 4.13. The Hall–Kier alpha value is -1.28. The summed E-state index contributed by atoms with van der Waals surface area (Å²) in [6.07, 6.45) is 4.50. The smallest absolute Gasteiger partial charge is 0.122 e. The van der Waals surface area contributed by atoms with E-state index in [9.17, 15) is 0 Å². The van der Waals surface area contributed by atoms with E-state index in [1.807, 2.05) is 13.1 Å². The Bertz CT molecular complexity index is 382. The first-order chi connectivity index (χ1) is 7.35. The van der Waals surface area contributed by atoms with Gasteiger partial charge < -0.3 is 10.1 Å². The van der Waals surface area contributed by atoms with Crippen LogP contribution in [-0.2, 0) is 6.42 Å². The Morgan fingerprint density at radius 3 is 2.93 bits per heavy atom. The number of hydrogen-bond donors (Lipinski definition) is 1. The zero-order chi connectivity index (χ0) is 10.7. The van der Waals surface area contributed by atoms with Crippen LogP contribution in [-0.4, -0.2) is 20.7 Å². The Kier molecular flexibility index (Phi) is 3.07. The summed E-state index contributed by atoms with van der Waals surface area (Å²) in [5, 5.41) is 3.20. The highest BCUT2D eigenvalue weighted by Crippen LogP contribution is 2.30. The summed E-state index contributed by atoms with van der Waals surface area (Å²) >= 11 is 0. The van der Waals surface area contributed by atoms with Gasteiger partial charge in [-0.05, 0) is 31.5 Å². The lowest BCUT2D eigenvalue weighted by Gasteiger charge is -2.18. The predicted molar refractivity (Wildman–Crippen MR) is 63.2 cm³/mol. The minimum atomic E-state index is 0.983. The van der Waals surface area contributed by atoms with Crippen LogP contribution in [0.1, 0.15) is 17.5 Å². The molecule has 80 valence electrons. The van der Waals surface area contributed by atoms with Crippen LogP contribution in [0.25, 0.3) is 6.08 Å². The normalized spacial score (nSPS) is 14.4. The Morgan fingerprint density at radius 1 is 1.33 bits per heavy atom. The molecule has 0 heterocycles. The summed E-state index contributed by atoms with van der Waals surface area (Å²) in [5.74, 6) is 1.02. The molecule has 1 N–H and O–H groups in total. The second-order valence-electron chi connectivity index (χ2n) is 3.86. The topological polar surface area (TPSA) is 21.3 Å². The Morgan fingerprint density at radius 2 is 2.20 bits per heavy atom. The first kappa shape index (κ1) is 10.2. The summed E-state index contributed by atoms with van der Waals surface area (Å²) in [6, 6.07) is 6.25. The maximum Gasteiger partial charge on any atom is 0.122 e. The fourth-order valence-electron chi connectivity index (χ4n) is 2.12. The van der Waals surface area contributed by atoms with Gasteiger partial charge in [-0.3, -0.25) is 0 Å². The van der Waals surface area contributed by atoms with E-state index in [4.69, 9.17) is 4.74 Å². The van der Waals surface area contributed by atoms with Gasteiger partial charge in [-0.25, -0.2) is 0 Å². The minimum Gasteiger partial charge on any atom is -0.496 e. The molecule has 0 unspecified atom stereocenters. The van der Waals surface area contributed by atoms with Crippen molar-refractivity contribution in [2.24, 2.45) is 0 Å². The van der Waals surface area contributed by atoms with Crippen LogP contribution >= 0.6 is 0 Å². The van der Waals surface area contributed by atoms with E-state index in [1.165, 1.54) is 16.7 Å². The van der Waals surface area contributed by atoms with Crippen molar-refractivity contribution >= 4 is 6.08 Å². The van der Waals surface area contributed by atoms with Gasteiger partial charge in [-0.15, -0.1) is 0 Å². The van der Waals surface area contributed by atoms with Crippen molar-refractivity contribution in [3.63, 3.8) is 0 Å². The zero-order valence-corrected chi connectivity index (χ0v) is 9.34. The number of benzene rings is 1.